The summed E-state index contributed by atoms with van der Waals surface area (Å²) in [6.07, 6.45) is 4.47. The van der Waals surface area contributed by atoms with E-state index in [9.17, 15) is 19.2 Å². The Bertz CT molecular complexity index is 2220. The number of carbonyl (C=O) groups is 4. The van der Waals surface area contributed by atoms with Crippen molar-refractivity contribution in [2.45, 2.75) is 46.3 Å². The zero-order valence-electron chi connectivity index (χ0n) is 30.5. The number of primary amides is 2. The number of nitrogens with one attached hydrogen (secondary N) is 3. The van der Waals surface area contributed by atoms with Gasteiger partial charge in [0.25, 0.3) is 5.91 Å². The van der Waals surface area contributed by atoms with E-state index in [2.05, 4.69) is 31.1 Å². The summed E-state index contributed by atoms with van der Waals surface area (Å²) >= 11 is 0. The molecule has 0 fully saturated rings. The smallest absolute Gasteiger partial charge is 0.276 e. The molecule has 18 heteroatoms. The second-order valence-corrected chi connectivity index (χ2v) is 12.0. The Hall–Kier alpha value is -6.43. The number of rotatable bonds is 17. The van der Waals surface area contributed by atoms with E-state index in [1.807, 2.05) is 30.6 Å². The summed E-state index contributed by atoms with van der Waals surface area (Å²) in [5.41, 5.74) is 17.5. The number of nitrogens with two attached hydrogens (primary N) is 2. The minimum Gasteiger partial charge on any atom is -0.494 e. The van der Waals surface area contributed by atoms with Gasteiger partial charge in [0.2, 0.25) is 29.6 Å². The Morgan fingerprint density at radius 3 is 2.04 bits per heavy atom. The van der Waals surface area contributed by atoms with Gasteiger partial charge in [-0.2, -0.15) is 5.10 Å². The molecule has 3 aromatic heterocycles. The van der Waals surface area contributed by atoms with Crippen molar-refractivity contribution < 1.29 is 28.7 Å². The summed E-state index contributed by atoms with van der Waals surface area (Å²) < 4.78 is 17.0. The number of aromatic nitrogens is 6. The summed E-state index contributed by atoms with van der Waals surface area (Å²) in [4.78, 5) is 59.3. The van der Waals surface area contributed by atoms with Gasteiger partial charge in [0, 0.05) is 58.3 Å². The lowest BCUT2D eigenvalue weighted by Gasteiger charge is -2.15. The predicted octanol–water partition coefficient (Wildman–Crippen LogP) is 2.42. The fourth-order valence-corrected chi connectivity index (χ4v) is 5.84. The molecule has 0 radical (unpaired) electrons. The van der Waals surface area contributed by atoms with Crippen molar-refractivity contribution in [1.29, 1.82) is 0 Å². The highest BCUT2D eigenvalue weighted by molar-refractivity contribution is 6.04. The van der Waals surface area contributed by atoms with Crippen LogP contribution in [-0.2, 0) is 24.4 Å². The summed E-state index contributed by atoms with van der Waals surface area (Å²) in [6, 6.07) is 7.94. The monoisotopic (exact) mass is 728 g/mol. The average Bonchev–Trinajstić information content (AvgIpc) is 3.82. The number of imidazole rings is 2. The van der Waals surface area contributed by atoms with Crippen LogP contribution in [0.2, 0.25) is 0 Å². The number of fused-ring (bicyclic) bond motifs is 2. The lowest BCUT2D eigenvalue weighted by molar-refractivity contribution is -0.132. The van der Waals surface area contributed by atoms with E-state index in [4.69, 9.17) is 20.9 Å². The molecule has 0 saturated carbocycles. The Morgan fingerprint density at radius 1 is 0.887 bits per heavy atom. The van der Waals surface area contributed by atoms with E-state index < -0.39 is 17.7 Å². The molecular formula is C35H44N12O6. The maximum Gasteiger partial charge on any atom is 0.276 e. The number of ether oxygens (including phenoxy) is 2. The van der Waals surface area contributed by atoms with Crippen LogP contribution in [0.4, 0.5) is 11.9 Å². The summed E-state index contributed by atoms with van der Waals surface area (Å²) in [5, 5.41) is 11.8. The number of carbonyl (C=O) groups excluding carboxylic acids is 4. The molecule has 0 unspecified atom stereocenters. The molecule has 0 aliphatic carbocycles. The zero-order valence-corrected chi connectivity index (χ0v) is 30.5. The summed E-state index contributed by atoms with van der Waals surface area (Å²) in [7, 11) is 6.50. The van der Waals surface area contributed by atoms with Crippen molar-refractivity contribution in [2.75, 3.05) is 45.5 Å². The highest BCUT2D eigenvalue weighted by Gasteiger charge is 2.22. The van der Waals surface area contributed by atoms with Crippen molar-refractivity contribution in [1.82, 2.24) is 39.3 Å². The molecule has 0 atom stereocenters. The zero-order chi connectivity index (χ0) is 38.4. The second-order valence-electron chi connectivity index (χ2n) is 12.0. The molecule has 3 heterocycles. The van der Waals surface area contributed by atoms with Crippen LogP contribution >= 0.6 is 0 Å². The number of hydrazine groups is 1. The van der Waals surface area contributed by atoms with Crippen LogP contribution in [0.5, 0.6) is 11.5 Å². The van der Waals surface area contributed by atoms with Crippen LogP contribution in [0.3, 0.4) is 0 Å². The fourth-order valence-electron chi connectivity index (χ4n) is 5.84. The fraction of sp³-hybridized carbons (Fsp3) is 0.343. The number of anilines is 2. The van der Waals surface area contributed by atoms with Crippen molar-refractivity contribution in [3.8, 4) is 11.5 Å². The Morgan fingerprint density at radius 2 is 1.47 bits per heavy atom. The number of nitrogens with zero attached hydrogens (tertiary/aromatic N) is 7. The third-order valence-corrected chi connectivity index (χ3v) is 8.53. The molecule has 0 aliphatic heterocycles. The first-order valence-electron chi connectivity index (χ1n) is 16.9. The molecular weight excluding hydrogens is 684 g/mol. The van der Waals surface area contributed by atoms with Gasteiger partial charge in [-0.25, -0.2) is 15.4 Å². The standard InChI is InChI=1S/C35H44N12O6/c1-7-47-25(15-20(2)43-47)33(51)42-35-41-23-16-21(31(36)49)18-26(52-6)29(23)46(35)13-9-8-12-45-30-24(40-34(45)38-3)17-22(32(37)50)19-27(30)53-14-10-11-28(48)44(5)39-4/h8-9,15-19,39H,7,10-14H2,1-6H3,(H2,36,49)(H2,37,50)(H,38,40)(H,41,42,51)/b9-8+. The maximum atomic E-state index is 13.5. The summed E-state index contributed by atoms with van der Waals surface area (Å²) in [6.45, 7) is 4.94. The Kier molecular flexibility index (Phi) is 11.6. The minimum atomic E-state index is -0.651. The van der Waals surface area contributed by atoms with Gasteiger partial charge in [0.15, 0.2) is 0 Å². The molecule has 0 saturated heterocycles. The van der Waals surface area contributed by atoms with Gasteiger partial charge in [-0.3, -0.25) is 34.2 Å². The van der Waals surface area contributed by atoms with Gasteiger partial charge in [0.1, 0.15) is 28.2 Å². The first kappa shape index (κ1) is 37.8. The molecule has 53 heavy (non-hydrogen) atoms. The van der Waals surface area contributed by atoms with Crippen LogP contribution < -0.4 is 37.0 Å². The van der Waals surface area contributed by atoms with E-state index in [1.165, 1.54) is 18.2 Å². The van der Waals surface area contributed by atoms with Crippen LogP contribution in [0.1, 0.15) is 56.7 Å². The molecule has 0 spiro atoms. The second kappa shape index (κ2) is 16.3. The van der Waals surface area contributed by atoms with Crippen LogP contribution in [0.15, 0.2) is 42.5 Å². The van der Waals surface area contributed by atoms with E-state index in [0.717, 1.165) is 0 Å². The van der Waals surface area contributed by atoms with Gasteiger partial charge < -0.3 is 35.4 Å². The van der Waals surface area contributed by atoms with Gasteiger partial charge >= 0.3 is 0 Å². The van der Waals surface area contributed by atoms with Crippen LogP contribution in [0, 0.1) is 6.92 Å². The Labute approximate surface area is 305 Å². The molecule has 0 bridgehead atoms. The number of amides is 4. The quantitative estimate of drug-likeness (QED) is 0.0530. The number of hydrogen-bond donors (Lipinski definition) is 5. The third kappa shape index (κ3) is 8.06. The van der Waals surface area contributed by atoms with Crippen molar-refractivity contribution in [2.24, 2.45) is 11.5 Å². The lowest BCUT2D eigenvalue weighted by Crippen LogP contribution is -2.36. The number of allylic oxidation sites excluding steroid dienone is 2. The first-order chi connectivity index (χ1) is 25.4. The van der Waals surface area contributed by atoms with E-state index in [-0.39, 0.29) is 42.6 Å². The SMILES string of the molecule is CCn1nc(C)cc1C(=O)Nc1nc2cc(C(N)=O)cc(OC)c2n1C/C=C/Cn1c(NC)nc2cc(C(N)=O)cc(OCCCC(=O)N(C)NC)c21. The predicted molar refractivity (Wildman–Crippen MR) is 199 cm³/mol. The van der Waals surface area contributed by atoms with Gasteiger partial charge in [0.05, 0.1) is 30.4 Å². The van der Waals surface area contributed by atoms with Gasteiger partial charge in [-0.1, -0.05) is 12.2 Å². The Balaban J connectivity index is 1.48. The highest BCUT2D eigenvalue weighted by atomic mass is 16.5. The molecule has 5 aromatic rings. The largest absolute Gasteiger partial charge is 0.494 e. The van der Waals surface area contributed by atoms with Crippen LogP contribution in [-0.4, -0.2) is 92.4 Å². The number of benzene rings is 2. The molecule has 18 nitrogen and oxygen atoms in total. The first-order valence-corrected chi connectivity index (χ1v) is 16.9. The molecule has 5 rings (SSSR count). The van der Waals surface area contributed by atoms with E-state index in [1.54, 1.807) is 54.7 Å². The van der Waals surface area contributed by atoms with Crippen LogP contribution in [0.25, 0.3) is 22.1 Å². The van der Waals surface area contributed by atoms with E-state index >= 15 is 0 Å². The maximum absolute atomic E-state index is 13.5. The highest BCUT2D eigenvalue weighted by Crippen LogP contribution is 2.33. The normalized spacial score (nSPS) is 11.4. The van der Waals surface area contributed by atoms with Crippen molar-refractivity contribution >= 4 is 57.6 Å². The van der Waals surface area contributed by atoms with Crippen molar-refractivity contribution in [3.63, 3.8) is 0 Å². The molecule has 280 valence electrons. The third-order valence-electron chi connectivity index (χ3n) is 8.53. The lowest BCUT2D eigenvalue weighted by atomic mass is 10.1. The summed E-state index contributed by atoms with van der Waals surface area (Å²) in [5.74, 6) is -0.339. The number of aryl methyl sites for hydroxylation is 2. The van der Waals surface area contributed by atoms with Gasteiger partial charge in [-0.15, -0.1) is 0 Å². The van der Waals surface area contributed by atoms with Gasteiger partial charge in [-0.05, 0) is 50.6 Å². The van der Waals surface area contributed by atoms with E-state index in [0.29, 0.717) is 70.4 Å². The van der Waals surface area contributed by atoms with Crippen molar-refractivity contribution in [3.05, 3.63) is 65.0 Å². The molecule has 0 aliphatic rings. The number of methoxy groups -OCH3 is 1. The molecule has 2 aromatic carbocycles. The molecule has 4 amide bonds. The number of hydrogen-bond acceptors (Lipinski definition) is 11. The topological polar surface area (TPSA) is 232 Å². The molecule has 7 N–H and O–H groups in total. The minimum absolute atomic E-state index is 0.0956. The average molecular weight is 729 g/mol.